The molecule has 1 aromatic rings. The Bertz CT molecular complexity index is 337. The molecule has 0 spiro atoms. The summed E-state index contributed by atoms with van der Waals surface area (Å²) in [4.78, 5) is 13.6. The molecule has 0 aromatic carbocycles. The highest BCUT2D eigenvalue weighted by Gasteiger charge is 2.23. The van der Waals surface area contributed by atoms with Gasteiger partial charge in [0, 0.05) is 25.8 Å². The zero-order valence-corrected chi connectivity index (χ0v) is 8.08. The molecule has 1 aromatic heterocycles. The average Bonchev–Trinajstić information content (AvgIpc) is 2.29. The van der Waals surface area contributed by atoms with Gasteiger partial charge in [-0.1, -0.05) is 0 Å². The highest BCUT2D eigenvalue weighted by Crippen LogP contribution is 2.14. The van der Waals surface area contributed by atoms with E-state index < -0.39 is 0 Å². The van der Waals surface area contributed by atoms with Gasteiger partial charge >= 0.3 is 0 Å². The quantitative estimate of drug-likeness (QED) is 0.634. The zero-order chi connectivity index (χ0) is 9.42. The van der Waals surface area contributed by atoms with Gasteiger partial charge in [0.2, 0.25) is 0 Å². The number of rotatable bonds is 1. The molecule has 0 N–H and O–H groups in total. The number of amides is 1. The average molecular weight is 178 g/mol. The Balaban J connectivity index is 2.24. The van der Waals surface area contributed by atoms with Crippen molar-refractivity contribution in [2.75, 3.05) is 13.1 Å². The van der Waals surface area contributed by atoms with E-state index in [0.29, 0.717) is 0 Å². The first-order chi connectivity index (χ1) is 6.20. The van der Waals surface area contributed by atoms with Gasteiger partial charge in [-0.3, -0.25) is 4.79 Å². The lowest BCUT2D eigenvalue weighted by molar-refractivity contribution is 0.0641. The third-order valence-electron chi connectivity index (χ3n) is 2.74. The minimum atomic E-state index is 0.168. The van der Waals surface area contributed by atoms with Crippen LogP contribution >= 0.6 is 0 Å². The minimum absolute atomic E-state index is 0.168. The maximum absolute atomic E-state index is 11.8. The highest BCUT2D eigenvalue weighted by atomic mass is 16.2. The van der Waals surface area contributed by atoms with Gasteiger partial charge in [0.25, 0.3) is 5.91 Å². The molecule has 0 bridgehead atoms. The second-order valence-electron chi connectivity index (χ2n) is 3.56. The number of carbonyl (C=O) groups is 1. The second kappa shape index (κ2) is 2.91. The maximum Gasteiger partial charge on any atom is 0.270 e. The number of nitrogens with zero attached hydrogens (tertiary/aromatic N) is 2. The van der Waals surface area contributed by atoms with E-state index in [0.717, 1.165) is 30.9 Å². The van der Waals surface area contributed by atoms with Crippen molar-refractivity contribution in [3.05, 3.63) is 23.5 Å². The SMILES string of the molecule is Cc1ccc(C(=O)N2CCC2)n1C. The van der Waals surface area contributed by atoms with E-state index in [-0.39, 0.29) is 5.91 Å². The lowest BCUT2D eigenvalue weighted by Gasteiger charge is -2.30. The number of carbonyl (C=O) groups excluding carboxylic acids is 1. The van der Waals surface area contributed by atoms with Gasteiger partial charge in [0.15, 0.2) is 0 Å². The number of likely N-dealkylation sites (tertiary alicyclic amines) is 1. The standard InChI is InChI=1S/C10H14N2O/c1-8-4-5-9(11(8)2)10(13)12-6-3-7-12/h4-5H,3,6-7H2,1-2H3. The Morgan fingerprint density at radius 1 is 1.38 bits per heavy atom. The Morgan fingerprint density at radius 3 is 2.46 bits per heavy atom. The van der Waals surface area contributed by atoms with Crippen LogP contribution in [-0.4, -0.2) is 28.5 Å². The summed E-state index contributed by atoms with van der Waals surface area (Å²) in [5.74, 6) is 0.168. The van der Waals surface area contributed by atoms with E-state index in [1.165, 1.54) is 0 Å². The van der Waals surface area contributed by atoms with E-state index in [1.807, 2.05) is 35.6 Å². The molecule has 2 rings (SSSR count). The lowest BCUT2D eigenvalue weighted by Crippen LogP contribution is -2.42. The largest absolute Gasteiger partial charge is 0.344 e. The van der Waals surface area contributed by atoms with Gasteiger partial charge in [0.1, 0.15) is 5.69 Å². The molecule has 70 valence electrons. The van der Waals surface area contributed by atoms with E-state index in [9.17, 15) is 4.79 Å². The van der Waals surface area contributed by atoms with Crippen LogP contribution in [0.2, 0.25) is 0 Å². The molecule has 1 aliphatic rings. The molecule has 1 saturated heterocycles. The molecule has 3 heteroatoms. The summed E-state index contributed by atoms with van der Waals surface area (Å²) in [5.41, 5.74) is 1.93. The van der Waals surface area contributed by atoms with E-state index in [4.69, 9.17) is 0 Å². The van der Waals surface area contributed by atoms with Crippen molar-refractivity contribution in [3.8, 4) is 0 Å². The van der Waals surface area contributed by atoms with Gasteiger partial charge in [-0.15, -0.1) is 0 Å². The van der Waals surface area contributed by atoms with Crippen molar-refractivity contribution >= 4 is 5.91 Å². The van der Waals surface area contributed by atoms with Crippen LogP contribution in [0.3, 0.4) is 0 Å². The predicted molar refractivity (Wildman–Crippen MR) is 50.7 cm³/mol. The van der Waals surface area contributed by atoms with Gasteiger partial charge in [-0.25, -0.2) is 0 Å². The Labute approximate surface area is 78.0 Å². The van der Waals surface area contributed by atoms with Gasteiger partial charge in [-0.05, 0) is 25.5 Å². The summed E-state index contributed by atoms with van der Waals surface area (Å²) in [6, 6.07) is 3.88. The van der Waals surface area contributed by atoms with E-state index in [1.54, 1.807) is 0 Å². The molecule has 0 unspecified atom stereocenters. The molecular formula is C10H14N2O. The van der Waals surface area contributed by atoms with Crippen LogP contribution in [0.5, 0.6) is 0 Å². The molecule has 2 heterocycles. The third-order valence-corrected chi connectivity index (χ3v) is 2.74. The van der Waals surface area contributed by atoms with Crippen molar-refractivity contribution in [2.24, 2.45) is 7.05 Å². The molecule has 0 atom stereocenters. The predicted octanol–water partition coefficient (Wildman–Crippen LogP) is 1.18. The fourth-order valence-corrected chi connectivity index (χ4v) is 1.51. The molecule has 3 nitrogen and oxygen atoms in total. The fourth-order valence-electron chi connectivity index (χ4n) is 1.51. The molecule has 1 aliphatic heterocycles. The molecule has 1 fully saturated rings. The number of aromatic nitrogens is 1. The smallest absolute Gasteiger partial charge is 0.270 e. The highest BCUT2D eigenvalue weighted by molar-refractivity contribution is 5.93. The molecule has 13 heavy (non-hydrogen) atoms. The van der Waals surface area contributed by atoms with Gasteiger partial charge in [0.05, 0.1) is 0 Å². The number of aryl methyl sites for hydroxylation is 1. The molecule has 0 radical (unpaired) electrons. The van der Waals surface area contributed by atoms with Crippen molar-refractivity contribution < 1.29 is 4.79 Å². The molecular weight excluding hydrogens is 164 g/mol. The zero-order valence-electron chi connectivity index (χ0n) is 8.08. The molecule has 0 aliphatic carbocycles. The Kier molecular flexibility index (Phi) is 1.87. The van der Waals surface area contributed by atoms with Crippen molar-refractivity contribution in [1.29, 1.82) is 0 Å². The minimum Gasteiger partial charge on any atom is -0.344 e. The summed E-state index contributed by atoms with van der Waals surface area (Å²) in [7, 11) is 1.93. The second-order valence-corrected chi connectivity index (χ2v) is 3.56. The van der Waals surface area contributed by atoms with Crippen molar-refractivity contribution in [2.45, 2.75) is 13.3 Å². The van der Waals surface area contributed by atoms with Crippen LogP contribution in [0.15, 0.2) is 12.1 Å². The Morgan fingerprint density at radius 2 is 2.08 bits per heavy atom. The van der Waals surface area contributed by atoms with Crippen LogP contribution < -0.4 is 0 Å². The van der Waals surface area contributed by atoms with E-state index >= 15 is 0 Å². The van der Waals surface area contributed by atoms with Crippen LogP contribution in [0.25, 0.3) is 0 Å². The van der Waals surface area contributed by atoms with Crippen LogP contribution in [0.4, 0.5) is 0 Å². The lowest BCUT2D eigenvalue weighted by atomic mass is 10.2. The molecule has 0 saturated carbocycles. The van der Waals surface area contributed by atoms with Crippen molar-refractivity contribution in [3.63, 3.8) is 0 Å². The Hall–Kier alpha value is -1.25. The van der Waals surface area contributed by atoms with Crippen LogP contribution in [-0.2, 0) is 7.05 Å². The summed E-state index contributed by atoms with van der Waals surface area (Å²) in [6.07, 6.45) is 1.15. The topological polar surface area (TPSA) is 25.2 Å². The van der Waals surface area contributed by atoms with Crippen LogP contribution in [0, 0.1) is 6.92 Å². The van der Waals surface area contributed by atoms with E-state index in [2.05, 4.69) is 0 Å². The normalized spacial score (nSPS) is 15.7. The number of hydrogen-bond donors (Lipinski definition) is 0. The van der Waals surface area contributed by atoms with Crippen molar-refractivity contribution in [1.82, 2.24) is 9.47 Å². The first-order valence-corrected chi connectivity index (χ1v) is 4.62. The summed E-state index contributed by atoms with van der Waals surface area (Å²) < 4.78 is 1.95. The first kappa shape index (κ1) is 8.35. The summed E-state index contributed by atoms with van der Waals surface area (Å²) in [6.45, 7) is 3.85. The fraction of sp³-hybridized carbons (Fsp3) is 0.500. The third kappa shape index (κ3) is 1.24. The maximum atomic E-state index is 11.8. The van der Waals surface area contributed by atoms with Gasteiger partial charge in [-0.2, -0.15) is 0 Å². The summed E-state index contributed by atoms with van der Waals surface area (Å²) in [5, 5.41) is 0. The first-order valence-electron chi connectivity index (χ1n) is 4.62. The summed E-state index contributed by atoms with van der Waals surface area (Å²) >= 11 is 0. The van der Waals surface area contributed by atoms with Gasteiger partial charge < -0.3 is 9.47 Å². The van der Waals surface area contributed by atoms with Crippen LogP contribution in [0.1, 0.15) is 22.6 Å². The monoisotopic (exact) mass is 178 g/mol. The molecule has 1 amide bonds. The number of hydrogen-bond acceptors (Lipinski definition) is 1.